The molecule has 1 fully saturated rings. The molecule has 20 heavy (non-hydrogen) atoms. The fraction of sp³-hybridized carbons (Fsp3) is 1.00. The first kappa shape index (κ1) is 17.9. The van der Waals surface area contributed by atoms with Crippen LogP contribution >= 0.6 is 0 Å². The van der Waals surface area contributed by atoms with E-state index in [4.69, 9.17) is 0 Å². The Kier molecular flexibility index (Phi) is 5.63. The van der Waals surface area contributed by atoms with Crippen LogP contribution in [0.2, 0.25) is 0 Å². The summed E-state index contributed by atoms with van der Waals surface area (Å²) in [5.41, 5.74) is -0.442. The Morgan fingerprint density at radius 2 is 1.65 bits per heavy atom. The molecule has 0 amide bonds. The molecular weight excluding hydrogens is 274 g/mol. The van der Waals surface area contributed by atoms with E-state index in [0.29, 0.717) is 13.1 Å². The van der Waals surface area contributed by atoms with E-state index in [9.17, 15) is 8.42 Å². The maximum absolute atomic E-state index is 12.5. The maximum atomic E-state index is 12.5. The molecule has 1 saturated heterocycles. The van der Waals surface area contributed by atoms with Gasteiger partial charge in [-0.05, 0) is 54.4 Å². The summed E-state index contributed by atoms with van der Waals surface area (Å²) in [6.07, 6.45) is 2.96. The molecular formula is C14H31N3O2S. The zero-order chi connectivity index (χ0) is 15.6. The van der Waals surface area contributed by atoms with Crippen LogP contribution < -0.4 is 10.0 Å². The first-order valence-corrected chi connectivity index (χ1v) is 8.90. The van der Waals surface area contributed by atoms with E-state index < -0.39 is 15.7 Å². The third kappa shape index (κ3) is 6.08. The fourth-order valence-electron chi connectivity index (χ4n) is 2.36. The lowest BCUT2D eigenvalue weighted by atomic mass is 10.0. The van der Waals surface area contributed by atoms with E-state index in [0.717, 1.165) is 19.3 Å². The van der Waals surface area contributed by atoms with Gasteiger partial charge in [-0.15, -0.1) is 0 Å². The second kappa shape index (κ2) is 6.30. The largest absolute Gasteiger partial charge is 0.310 e. The second-order valence-corrected chi connectivity index (χ2v) is 9.37. The minimum Gasteiger partial charge on any atom is -0.310 e. The molecule has 0 radical (unpaired) electrons. The predicted molar refractivity (Wildman–Crippen MR) is 83.9 cm³/mol. The maximum Gasteiger partial charge on any atom is 0.280 e. The monoisotopic (exact) mass is 305 g/mol. The molecule has 0 bridgehead atoms. The van der Waals surface area contributed by atoms with Crippen LogP contribution in [-0.2, 0) is 10.2 Å². The number of rotatable bonds is 4. The van der Waals surface area contributed by atoms with E-state index in [1.807, 2.05) is 20.8 Å². The summed E-state index contributed by atoms with van der Waals surface area (Å²) in [7, 11) is -3.41. The van der Waals surface area contributed by atoms with Crippen LogP contribution in [-0.4, -0.2) is 42.9 Å². The molecule has 0 aliphatic carbocycles. The van der Waals surface area contributed by atoms with Crippen LogP contribution in [0, 0.1) is 0 Å². The summed E-state index contributed by atoms with van der Waals surface area (Å²) in [5, 5.41) is 3.42. The minimum absolute atomic E-state index is 0.00430. The Balaban J connectivity index is 2.78. The molecule has 0 aromatic rings. The molecule has 120 valence electrons. The summed E-state index contributed by atoms with van der Waals surface area (Å²) >= 11 is 0. The number of nitrogens with one attached hydrogen (secondary N) is 2. The number of hydrogen-bond acceptors (Lipinski definition) is 3. The zero-order valence-corrected chi connectivity index (χ0v) is 14.6. The van der Waals surface area contributed by atoms with Crippen molar-refractivity contribution in [3.8, 4) is 0 Å². The van der Waals surface area contributed by atoms with Gasteiger partial charge in [0.1, 0.15) is 0 Å². The van der Waals surface area contributed by atoms with Gasteiger partial charge in [-0.3, -0.25) is 0 Å². The molecule has 1 rings (SSSR count). The Morgan fingerprint density at radius 3 is 2.15 bits per heavy atom. The van der Waals surface area contributed by atoms with Gasteiger partial charge < -0.3 is 5.32 Å². The average Bonchev–Trinajstić information content (AvgIpc) is 2.22. The standard InChI is InChI=1S/C14H31N3O2S/c1-13(2,3)15-11-12-9-7-8-10-17(12)20(18,19)16-14(4,5)6/h12,15-16H,7-11H2,1-6H3. The quantitative estimate of drug-likeness (QED) is 0.833. The van der Waals surface area contributed by atoms with Crippen molar-refractivity contribution in [2.45, 2.75) is 77.9 Å². The highest BCUT2D eigenvalue weighted by atomic mass is 32.2. The van der Waals surface area contributed by atoms with E-state index in [1.54, 1.807) is 4.31 Å². The summed E-state index contributed by atoms with van der Waals surface area (Å²) < 4.78 is 29.4. The van der Waals surface area contributed by atoms with Gasteiger partial charge in [-0.2, -0.15) is 17.4 Å². The Labute approximate surface area is 124 Å². The van der Waals surface area contributed by atoms with E-state index in [1.165, 1.54) is 0 Å². The van der Waals surface area contributed by atoms with Crippen LogP contribution in [0.4, 0.5) is 0 Å². The first-order valence-electron chi connectivity index (χ1n) is 7.46. The smallest absolute Gasteiger partial charge is 0.280 e. The highest BCUT2D eigenvalue weighted by molar-refractivity contribution is 7.87. The van der Waals surface area contributed by atoms with Crippen molar-refractivity contribution in [2.24, 2.45) is 0 Å². The Hall–Kier alpha value is -0.170. The molecule has 1 heterocycles. The SMILES string of the molecule is CC(C)(C)NCC1CCCCN1S(=O)(=O)NC(C)(C)C. The molecule has 0 spiro atoms. The van der Waals surface area contributed by atoms with Crippen LogP contribution in [0.5, 0.6) is 0 Å². The summed E-state index contributed by atoms with van der Waals surface area (Å²) in [6.45, 7) is 13.2. The highest BCUT2D eigenvalue weighted by Gasteiger charge is 2.34. The van der Waals surface area contributed by atoms with E-state index in [2.05, 4.69) is 30.8 Å². The van der Waals surface area contributed by atoms with Crippen LogP contribution in [0.1, 0.15) is 60.8 Å². The lowest BCUT2D eigenvalue weighted by Gasteiger charge is -2.38. The first-order chi connectivity index (χ1) is 8.91. The van der Waals surface area contributed by atoms with Crippen molar-refractivity contribution >= 4 is 10.2 Å². The van der Waals surface area contributed by atoms with Gasteiger partial charge in [0.15, 0.2) is 0 Å². The van der Waals surface area contributed by atoms with Crippen molar-refractivity contribution in [3.63, 3.8) is 0 Å². The molecule has 6 heteroatoms. The lowest BCUT2D eigenvalue weighted by Crippen LogP contribution is -2.57. The van der Waals surface area contributed by atoms with Gasteiger partial charge in [0.2, 0.25) is 0 Å². The predicted octanol–water partition coefficient (Wildman–Crippen LogP) is 1.86. The fourth-order valence-corrected chi connectivity index (χ4v) is 4.20. The molecule has 1 aliphatic rings. The molecule has 0 aromatic carbocycles. The van der Waals surface area contributed by atoms with Gasteiger partial charge in [-0.1, -0.05) is 6.42 Å². The Morgan fingerprint density at radius 1 is 1.05 bits per heavy atom. The van der Waals surface area contributed by atoms with Gasteiger partial charge in [0, 0.05) is 30.2 Å². The van der Waals surface area contributed by atoms with Crippen LogP contribution in [0.3, 0.4) is 0 Å². The van der Waals surface area contributed by atoms with Crippen molar-refractivity contribution in [3.05, 3.63) is 0 Å². The number of hydrogen-bond donors (Lipinski definition) is 2. The van der Waals surface area contributed by atoms with Crippen LogP contribution in [0.15, 0.2) is 0 Å². The van der Waals surface area contributed by atoms with Gasteiger partial charge >= 0.3 is 0 Å². The normalized spacial score (nSPS) is 23.0. The molecule has 0 saturated carbocycles. The highest BCUT2D eigenvalue weighted by Crippen LogP contribution is 2.21. The lowest BCUT2D eigenvalue weighted by molar-refractivity contribution is 0.225. The number of nitrogens with zero attached hydrogens (tertiary/aromatic N) is 1. The number of piperidine rings is 1. The topological polar surface area (TPSA) is 61.4 Å². The molecule has 1 unspecified atom stereocenters. The minimum atomic E-state index is -3.41. The van der Waals surface area contributed by atoms with Crippen molar-refractivity contribution in [1.82, 2.24) is 14.3 Å². The molecule has 5 nitrogen and oxygen atoms in total. The van der Waals surface area contributed by atoms with Gasteiger partial charge in [0.05, 0.1) is 0 Å². The van der Waals surface area contributed by atoms with E-state index >= 15 is 0 Å². The van der Waals surface area contributed by atoms with Crippen molar-refractivity contribution in [1.29, 1.82) is 0 Å². The average molecular weight is 305 g/mol. The zero-order valence-electron chi connectivity index (χ0n) is 13.8. The molecule has 2 N–H and O–H groups in total. The van der Waals surface area contributed by atoms with Crippen molar-refractivity contribution < 1.29 is 8.42 Å². The summed E-state index contributed by atoms with van der Waals surface area (Å²) in [4.78, 5) is 0. The third-order valence-corrected chi connectivity index (χ3v) is 5.15. The second-order valence-electron chi connectivity index (χ2n) is 7.75. The van der Waals surface area contributed by atoms with Gasteiger partial charge in [0.25, 0.3) is 10.2 Å². The summed E-state index contributed by atoms with van der Waals surface area (Å²) in [6, 6.07) is 0.0443. The third-order valence-electron chi connectivity index (χ3n) is 3.19. The van der Waals surface area contributed by atoms with Gasteiger partial charge in [-0.25, -0.2) is 0 Å². The Bertz CT molecular complexity index is 407. The molecule has 0 aromatic heterocycles. The summed E-state index contributed by atoms with van der Waals surface area (Å²) in [5.74, 6) is 0. The van der Waals surface area contributed by atoms with Crippen molar-refractivity contribution in [2.75, 3.05) is 13.1 Å². The van der Waals surface area contributed by atoms with Crippen LogP contribution in [0.25, 0.3) is 0 Å². The molecule has 1 atom stereocenters. The van der Waals surface area contributed by atoms with E-state index in [-0.39, 0.29) is 11.6 Å². The molecule has 1 aliphatic heterocycles.